The molecule has 23 heavy (non-hydrogen) atoms. The van der Waals surface area contributed by atoms with Gasteiger partial charge in [0.15, 0.2) is 9.84 Å². The Labute approximate surface area is 134 Å². The molecule has 0 aliphatic heterocycles. The molecule has 10 heteroatoms. The van der Waals surface area contributed by atoms with Gasteiger partial charge in [0.1, 0.15) is 6.54 Å². The SMILES string of the molecule is CC(C)CN(CC(F)(F)F)S(=O)(=O)c1cccc(S(C)(=O)=O)c1. The van der Waals surface area contributed by atoms with E-state index in [4.69, 9.17) is 0 Å². The van der Waals surface area contributed by atoms with Gasteiger partial charge in [-0.05, 0) is 24.1 Å². The third-order valence-corrected chi connectivity index (χ3v) is 5.71. The highest BCUT2D eigenvalue weighted by Gasteiger charge is 2.37. The molecule has 1 rings (SSSR count). The van der Waals surface area contributed by atoms with Crippen LogP contribution in [0.2, 0.25) is 0 Å². The highest BCUT2D eigenvalue weighted by molar-refractivity contribution is 7.91. The summed E-state index contributed by atoms with van der Waals surface area (Å²) in [6.07, 6.45) is -3.81. The van der Waals surface area contributed by atoms with E-state index in [2.05, 4.69) is 0 Å². The van der Waals surface area contributed by atoms with E-state index in [1.54, 1.807) is 13.8 Å². The van der Waals surface area contributed by atoms with Gasteiger partial charge in [-0.15, -0.1) is 0 Å². The van der Waals surface area contributed by atoms with Crippen molar-refractivity contribution in [3.05, 3.63) is 24.3 Å². The number of nitrogens with zero attached hydrogens (tertiary/aromatic N) is 1. The van der Waals surface area contributed by atoms with E-state index in [1.165, 1.54) is 12.1 Å². The Balaban J connectivity index is 3.35. The van der Waals surface area contributed by atoms with E-state index >= 15 is 0 Å². The Kier molecular flexibility index (Phi) is 5.87. The smallest absolute Gasteiger partial charge is 0.224 e. The summed E-state index contributed by atoms with van der Waals surface area (Å²) in [5, 5.41) is 0. The van der Waals surface area contributed by atoms with E-state index in [0.717, 1.165) is 18.4 Å². The summed E-state index contributed by atoms with van der Waals surface area (Å²) < 4.78 is 86.2. The van der Waals surface area contributed by atoms with E-state index in [9.17, 15) is 30.0 Å². The lowest BCUT2D eigenvalue weighted by molar-refractivity contribution is -0.136. The summed E-state index contributed by atoms with van der Waals surface area (Å²) in [4.78, 5) is -0.750. The molecule has 0 aliphatic rings. The normalized spacial score (nSPS) is 13.7. The lowest BCUT2D eigenvalue weighted by atomic mass is 10.2. The molecule has 0 fully saturated rings. The molecular weight excluding hydrogens is 355 g/mol. The molecule has 1 aromatic rings. The van der Waals surface area contributed by atoms with Crippen molar-refractivity contribution < 1.29 is 30.0 Å². The van der Waals surface area contributed by atoms with Gasteiger partial charge in [0, 0.05) is 12.8 Å². The first-order valence-corrected chi connectivity index (χ1v) is 9.93. The Morgan fingerprint density at radius 1 is 1.09 bits per heavy atom. The largest absolute Gasteiger partial charge is 0.402 e. The van der Waals surface area contributed by atoms with Crippen LogP contribution in [0.15, 0.2) is 34.1 Å². The van der Waals surface area contributed by atoms with E-state index in [1.807, 2.05) is 0 Å². The van der Waals surface area contributed by atoms with Gasteiger partial charge in [0.2, 0.25) is 10.0 Å². The second-order valence-electron chi connectivity index (χ2n) is 5.55. The third-order valence-electron chi connectivity index (χ3n) is 2.80. The molecule has 0 atom stereocenters. The number of hydrogen-bond acceptors (Lipinski definition) is 4. The predicted molar refractivity (Wildman–Crippen MR) is 79.2 cm³/mol. The zero-order chi connectivity index (χ0) is 18.1. The number of benzene rings is 1. The molecule has 0 radical (unpaired) electrons. The van der Waals surface area contributed by atoms with E-state index < -0.39 is 37.5 Å². The fourth-order valence-corrected chi connectivity index (χ4v) is 4.25. The maximum Gasteiger partial charge on any atom is 0.402 e. The van der Waals surface area contributed by atoms with Crippen LogP contribution in [0.1, 0.15) is 13.8 Å². The van der Waals surface area contributed by atoms with Crippen LogP contribution in [0.25, 0.3) is 0 Å². The summed E-state index contributed by atoms with van der Waals surface area (Å²) in [7, 11) is -8.14. The van der Waals surface area contributed by atoms with Crippen molar-refractivity contribution in [1.82, 2.24) is 4.31 Å². The second kappa shape index (κ2) is 6.78. The molecule has 0 N–H and O–H groups in total. The highest BCUT2D eigenvalue weighted by atomic mass is 32.2. The zero-order valence-electron chi connectivity index (χ0n) is 12.8. The number of alkyl halides is 3. The predicted octanol–water partition coefficient (Wildman–Crippen LogP) is 2.30. The lowest BCUT2D eigenvalue weighted by Crippen LogP contribution is -2.41. The molecule has 0 bridgehead atoms. The Morgan fingerprint density at radius 2 is 1.61 bits per heavy atom. The summed E-state index contributed by atoms with van der Waals surface area (Å²) >= 11 is 0. The molecule has 0 heterocycles. The summed E-state index contributed by atoms with van der Waals surface area (Å²) in [5.41, 5.74) is 0. The molecule has 0 saturated carbocycles. The van der Waals surface area contributed by atoms with Crippen LogP contribution in [0.4, 0.5) is 13.2 Å². The topological polar surface area (TPSA) is 71.5 Å². The third kappa shape index (κ3) is 5.78. The molecule has 0 spiro atoms. The Hall–Kier alpha value is -1.13. The summed E-state index contributed by atoms with van der Waals surface area (Å²) in [5.74, 6) is -0.329. The van der Waals surface area contributed by atoms with Crippen LogP contribution in [0.3, 0.4) is 0 Å². The fourth-order valence-electron chi connectivity index (χ4n) is 1.87. The standard InChI is InChI=1S/C13H18F3NO4S2/c1-10(2)8-17(9-13(14,15)16)23(20,21)12-6-4-5-11(7-12)22(3,18)19/h4-7,10H,8-9H2,1-3H3. The monoisotopic (exact) mass is 373 g/mol. The maximum absolute atomic E-state index is 12.7. The molecule has 0 aliphatic carbocycles. The average molecular weight is 373 g/mol. The minimum absolute atomic E-state index is 0.268. The first kappa shape index (κ1) is 19.9. The van der Waals surface area contributed by atoms with Crippen molar-refractivity contribution in [2.75, 3.05) is 19.3 Å². The number of rotatable bonds is 6. The van der Waals surface area contributed by atoms with Crippen molar-refractivity contribution in [2.24, 2.45) is 5.92 Å². The fraction of sp³-hybridized carbons (Fsp3) is 0.538. The van der Waals surface area contributed by atoms with Crippen molar-refractivity contribution in [3.63, 3.8) is 0 Å². The van der Waals surface area contributed by atoms with Crippen LogP contribution in [0.5, 0.6) is 0 Å². The summed E-state index contributed by atoms with van der Waals surface area (Å²) in [6.45, 7) is 1.22. The maximum atomic E-state index is 12.7. The van der Waals surface area contributed by atoms with Crippen LogP contribution in [0, 0.1) is 5.92 Å². The average Bonchev–Trinajstić information content (AvgIpc) is 2.35. The molecule has 132 valence electrons. The summed E-state index contributed by atoms with van der Waals surface area (Å²) in [6, 6.07) is 4.32. The number of sulfonamides is 1. The van der Waals surface area contributed by atoms with Gasteiger partial charge in [-0.25, -0.2) is 16.8 Å². The lowest BCUT2D eigenvalue weighted by Gasteiger charge is -2.25. The number of hydrogen-bond donors (Lipinski definition) is 0. The van der Waals surface area contributed by atoms with Crippen molar-refractivity contribution >= 4 is 19.9 Å². The van der Waals surface area contributed by atoms with Gasteiger partial charge < -0.3 is 0 Å². The van der Waals surface area contributed by atoms with Crippen molar-refractivity contribution in [3.8, 4) is 0 Å². The van der Waals surface area contributed by atoms with Gasteiger partial charge in [0.05, 0.1) is 9.79 Å². The van der Waals surface area contributed by atoms with Crippen molar-refractivity contribution in [1.29, 1.82) is 0 Å². The zero-order valence-corrected chi connectivity index (χ0v) is 14.5. The van der Waals surface area contributed by atoms with Crippen molar-refractivity contribution in [2.45, 2.75) is 29.8 Å². The highest BCUT2D eigenvalue weighted by Crippen LogP contribution is 2.25. The van der Waals surface area contributed by atoms with Crippen LogP contribution >= 0.6 is 0 Å². The van der Waals surface area contributed by atoms with Gasteiger partial charge in [0.25, 0.3) is 0 Å². The first-order chi connectivity index (χ1) is 10.2. The number of halogens is 3. The molecule has 1 aromatic carbocycles. The van der Waals surface area contributed by atoms with Gasteiger partial charge >= 0.3 is 6.18 Å². The first-order valence-electron chi connectivity index (χ1n) is 6.60. The molecule has 0 amide bonds. The van der Waals surface area contributed by atoms with E-state index in [-0.39, 0.29) is 17.4 Å². The van der Waals surface area contributed by atoms with Crippen LogP contribution in [-0.2, 0) is 19.9 Å². The minimum Gasteiger partial charge on any atom is -0.224 e. The molecule has 0 unspecified atom stereocenters. The number of sulfone groups is 1. The molecular formula is C13H18F3NO4S2. The minimum atomic E-state index is -4.70. The molecule has 0 saturated heterocycles. The molecule has 0 aromatic heterocycles. The van der Waals surface area contributed by atoms with E-state index in [0.29, 0.717) is 4.31 Å². The molecule has 5 nitrogen and oxygen atoms in total. The van der Waals surface area contributed by atoms with Gasteiger partial charge in [-0.2, -0.15) is 17.5 Å². The Bertz CT molecular complexity index is 756. The Morgan fingerprint density at radius 3 is 2.04 bits per heavy atom. The van der Waals surface area contributed by atoms with Crippen LogP contribution in [-0.4, -0.2) is 46.7 Å². The quantitative estimate of drug-likeness (QED) is 0.767. The van der Waals surface area contributed by atoms with Gasteiger partial charge in [-0.1, -0.05) is 19.9 Å². The van der Waals surface area contributed by atoms with Crippen LogP contribution < -0.4 is 0 Å². The second-order valence-corrected chi connectivity index (χ2v) is 9.51. The van der Waals surface area contributed by atoms with Gasteiger partial charge in [-0.3, -0.25) is 0 Å².